The molecule has 0 saturated carbocycles. The lowest BCUT2D eigenvalue weighted by atomic mass is 10.1. The van der Waals surface area contributed by atoms with Gasteiger partial charge in [0.15, 0.2) is 0 Å². The van der Waals surface area contributed by atoms with Crippen molar-refractivity contribution in [2.45, 2.75) is 0 Å². The molecule has 4 N–H and O–H groups in total. The van der Waals surface area contributed by atoms with Crippen molar-refractivity contribution < 1.29 is 0 Å². The topological polar surface area (TPSA) is 100 Å². The van der Waals surface area contributed by atoms with E-state index in [2.05, 4.69) is 19.9 Å². The van der Waals surface area contributed by atoms with Gasteiger partial charge in [0.25, 0.3) is 0 Å². The molecule has 18 heavy (non-hydrogen) atoms. The fourth-order valence-corrected chi connectivity index (χ4v) is 1.96. The van der Waals surface area contributed by atoms with Crippen LogP contribution in [-0.4, -0.2) is 19.9 Å². The van der Waals surface area contributed by atoms with Crippen LogP contribution >= 0.6 is 11.6 Å². The average Bonchev–Trinajstić information content (AvgIpc) is 2.71. The number of fused-ring (bicyclic) bond motifs is 1. The summed E-state index contributed by atoms with van der Waals surface area (Å²) in [6.07, 6.45) is 1.45. The predicted molar refractivity (Wildman–Crippen MR) is 69.4 cm³/mol. The van der Waals surface area contributed by atoms with Gasteiger partial charge < -0.3 is 15.7 Å². The van der Waals surface area contributed by atoms with Gasteiger partial charge >= 0.3 is 5.69 Å². The highest BCUT2D eigenvalue weighted by Crippen LogP contribution is 2.27. The van der Waals surface area contributed by atoms with E-state index in [0.717, 1.165) is 11.1 Å². The van der Waals surface area contributed by atoms with Gasteiger partial charge in [-0.1, -0.05) is 17.7 Å². The Morgan fingerprint density at radius 1 is 1.22 bits per heavy atom. The van der Waals surface area contributed by atoms with Crippen molar-refractivity contribution in [2.75, 3.05) is 5.73 Å². The Balaban J connectivity index is 2.24. The second-order valence-electron chi connectivity index (χ2n) is 3.76. The number of H-pyrrole nitrogens is 2. The molecule has 3 aromatic rings. The van der Waals surface area contributed by atoms with E-state index in [9.17, 15) is 4.79 Å². The molecule has 0 bridgehead atoms. The lowest BCUT2D eigenvalue weighted by Gasteiger charge is -2.03. The van der Waals surface area contributed by atoms with Gasteiger partial charge in [-0.25, -0.2) is 14.8 Å². The number of anilines is 1. The minimum absolute atomic E-state index is 0.150. The smallest absolute Gasteiger partial charge is 0.323 e. The van der Waals surface area contributed by atoms with E-state index in [-0.39, 0.29) is 11.6 Å². The summed E-state index contributed by atoms with van der Waals surface area (Å²) in [5.41, 5.74) is 7.99. The number of nitrogens with zero attached hydrogens (tertiary/aromatic N) is 2. The summed E-state index contributed by atoms with van der Waals surface area (Å²) >= 11 is 6.03. The summed E-state index contributed by atoms with van der Waals surface area (Å²) in [5.74, 6) is 0.150. The third kappa shape index (κ3) is 1.72. The Morgan fingerprint density at radius 2 is 2.00 bits per heavy atom. The first kappa shape index (κ1) is 10.8. The Kier molecular flexibility index (Phi) is 2.31. The van der Waals surface area contributed by atoms with Gasteiger partial charge in [0.05, 0.1) is 27.9 Å². The van der Waals surface area contributed by atoms with Crippen LogP contribution in [0.15, 0.2) is 29.2 Å². The van der Waals surface area contributed by atoms with Crippen molar-refractivity contribution in [3.05, 3.63) is 39.9 Å². The number of benzene rings is 1. The molecule has 0 fully saturated rings. The van der Waals surface area contributed by atoms with E-state index >= 15 is 0 Å². The molecular weight excluding hydrogens is 254 g/mol. The van der Waals surface area contributed by atoms with Crippen molar-refractivity contribution in [2.24, 2.45) is 0 Å². The SMILES string of the molecule is Nc1ncc(Cl)c(-c2ccc3[nH]c(=O)[nH]c3c2)n1. The predicted octanol–water partition coefficient (Wildman–Crippen LogP) is 1.55. The molecule has 3 rings (SSSR count). The molecule has 0 radical (unpaired) electrons. The van der Waals surface area contributed by atoms with Crippen molar-refractivity contribution in [1.29, 1.82) is 0 Å². The third-order valence-corrected chi connectivity index (χ3v) is 2.83. The first-order valence-corrected chi connectivity index (χ1v) is 5.52. The van der Waals surface area contributed by atoms with Crippen molar-refractivity contribution in [3.8, 4) is 11.3 Å². The summed E-state index contributed by atoms with van der Waals surface area (Å²) < 4.78 is 0. The van der Waals surface area contributed by atoms with Crippen LogP contribution < -0.4 is 11.4 Å². The highest BCUT2D eigenvalue weighted by molar-refractivity contribution is 6.32. The van der Waals surface area contributed by atoms with Crippen molar-refractivity contribution in [3.63, 3.8) is 0 Å². The highest BCUT2D eigenvalue weighted by atomic mass is 35.5. The zero-order chi connectivity index (χ0) is 12.7. The maximum absolute atomic E-state index is 11.2. The first-order valence-electron chi connectivity index (χ1n) is 5.14. The molecule has 90 valence electrons. The van der Waals surface area contributed by atoms with Gasteiger partial charge in [0, 0.05) is 5.56 Å². The first-order chi connectivity index (χ1) is 8.63. The highest BCUT2D eigenvalue weighted by Gasteiger charge is 2.08. The largest absolute Gasteiger partial charge is 0.368 e. The molecule has 0 spiro atoms. The van der Waals surface area contributed by atoms with Gasteiger partial charge in [-0.15, -0.1) is 0 Å². The standard InChI is InChI=1S/C11H8ClN5O/c12-6-4-14-10(13)17-9(6)5-1-2-7-8(3-5)16-11(18)15-7/h1-4H,(H2,13,14,17)(H2,15,16,18). The van der Waals surface area contributed by atoms with Crippen LogP contribution in [0, 0.1) is 0 Å². The number of rotatable bonds is 1. The minimum atomic E-state index is -0.254. The number of hydrogen-bond donors (Lipinski definition) is 3. The molecule has 0 aliphatic heterocycles. The molecule has 1 aromatic carbocycles. The van der Waals surface area contributed by atoms with E-state index in [1.165, 1.54) is 6.20 Å². The van der Waals surface area contributed by atoms with Gasteiger partial charge in [-0.05, 0) is 12.1 Å². The summed E-state index contributed by atoms with van der Waals surface area (Å²) in [4.78, 5) is 24.4. The van der Waals surface area contributed by atoms with Gasteiger partial charge in [-0.3, -0.25) is 0 Å². The Morgan fingerprint density at radius 3 is 2.83 bits per heavy atom. The van der Waals surface area contributed by atoms with Crippen LogP contribution in [-0.2, 0) is 0 Å². The Bertz CT molecular complexity index is 791. The maximum atomic E-state index is 11.2. The molecule has 0 aliphatic carbocycles. The fraction of sp³-hybridized carbons (Fsp3) is 0. The monoisotopic (exact) mass is 261 g/mol. The maximum Gasteiger partial charge on any atom is 0.323 e. The van der Waals surface area contributed by atoms with Crippen LogP contribution in [0.25, 0.3) is 22.3 Å². The number of nitrogens with one attached hydrogen (secondary N) is 2. The van der Waals surface area contributed by atoms with E-state index in [4.69, 9.17) is 17.3 Å². The quantitative estimate of drug-likeness (QED) is 0.619. The summed E-state index contributed by atoms with van der Waals surface area (Å²) in [5, 5.41) is 0.404. The molecule has 0 amide bonds. The van der Waals surface area contributed by atoms with E-state index in [0.29, 0.717) is 16.2 Å². The molecule has 0 unspecified atom stereocenters. The van der Waals surface area contributed by atoms with Crippen LogP contribution in [0.3, 0.4) is 0 Å². The summed E-state index contributed by atoms with van der Waals surface area (Å²) in [6.45, 7) is 0. The summed E-state index contributed by atoms with van der Waals surface area (Å²) in [6, 6.07) is 5.36. The second kappa shape index (κ2) is 3.85. The molecule has 0 atom stereocenters. The molecule has 7 heteroatoms. The summed E-state index contributed by atoms with van der Waals surface area (Å²) in [7, 11) is 0. The fourth-order valence-electron chi connectivity index (χ4n) is 1.76. The molecule has 6 nitrogen and oxygen atoms in total. The molecule has 0 saturated heterocycles. The van der Waals surface area contributed by atoms with Gasteiger partial charge in [0.2, 0.25) is 5.95 Å². The number of aromatic nitrogens is 4. The number of hydrogen-bond acceptors (Lipinski definition) is 4. The second-order valence-corrected chi connectivity index (χ2v) is 4.17. The van der Waals surface area contributed by atoms with E-state index in [1.807, 2.05) is 0 Å². The molecular formula is C11H8ClN5O. The van der Waals surface area contributed by atoms with Crippen LogP contribution in [0.4, 0.5) is 5.95 Å². The Labute approximate surface area is 106 Å². The number of nitrogens with two attached hydrogens (primary N) is 1. The van der Waals surface area contributed by atoms with Crippen LogP contribution in [0.5, 0.6) is 0 Å². The number of nitrogen functional groups attached to an aromatic ring is 1. The van der Waals surface area contributed by atoms with Crippen molar-refractivity contribution >= 4 is 28.6 Å². The number of halogens is 1. The molecule has 2 aromatic heterocycles. The zero-order valence-corrected chi connectivity index (χ0v) is 9.82. The van der Waals surface area contributed by atoms with E-state index in [1.54, 1.807) is 18.2 Å². The normalized spacial score (nSPS) is 10.9. The lowest BCUT2D eigenvalue weighted by molar-refractivity contribution is 1.19. The lowest BCUT2D eigenvalue weighted by Crippen LogP contribution is -1.99. The zero-order valence-electron chi connectivity index (χ0n) is 9.07. The molecule has 0 aliphatic rings. The van der Waals surface area contributed by atoms with Crippen LogP contribution in [0.2, 0.25) is 5.02 Å². The number of imidazole rings is 1. The third-order valence-electron chi connectivity index (χ3n) is 2.55. The van der Waals surface area contributed by atoms with Gasteiger partial charge in [0.1, 0.15) is 0 Å². The van der Waals surface area contributed by atoms with Crippen molar-refractivity contribution in [1.82, 2.24) is 19.9 Å². The van der Waals surface area contributed by atoms with Crippen LogP contribution in [0.1, 0.15) is 0 Å². The Hall–Kier alpha value is -2.34. The molecule has 2 heterocycles. The van der Waals surface area contributed by atoms with Gasteiger partial charge in [-0.2, -0.15) is 0 Å². The number of aromatic amines is 2. The minimum Gasteiger partial charge on any atom is -0.368 e. The average molecular weight is 262 g/mol. The van der Waals surface area contributed by atoms with E-state index < -0.39 is 0 Å².